The summed E-state index contributed by atoms with van der Waals surface area (Å²) in [7, 11) is 0. The van der Waals surface area contributed by atoms with Crippen LogP contribution in [0.5, 0.6) is 0 Å². The molecule has 82 valence electrons. The molecule has 1 heterocycles. The molecule has 0 aromatic heterocycles. The molecule has 1 atom stereocenters. The molecule has 1 rings (SSSR count). The topological polar surface area (TPSA) is 35.5 Å². The van der Waals surface area contributed by atoms with Gasteiger partial charge in [0.1, 0.15) is 6.10 Å². The van der Waals surface area contributed by atoms with E-state index in [0.717, 1.165) is 6.42 Å². The first-order chi connectivity index (χ1) is 6.49. The number of ketones is 1. The van der Waals surface area contributed by atoms with Crippen molar-refractivity contribution in [3.8, 4) is 0 Å². The van der Waals surface area contributed by atoms with E-state index in [1.807, 2.05) is 0 Å². The van der Waals surface area contributed by atoms with E-state index in [0.29, 0.717) is 26.2 Å². The molecule has 0 aromatic rings. The van der Waals surface area contributed by atoms with Gasteiger partial charge in [-0.1, -0.05) is 20.8 Å². The average molecular weight is 200 g/mol. The van der Waals surface area contributed by atoms with E-state index in [1.165, 1.54) is 0 Å². The van der Waals surface area contributed by atoms with Gasteiger partial charge >= 0.3 is 0 Å². The lowest BCUT2D eigenvalue weighted by Gasteiger charge is -2.23. The summed E-state index contributed by atoms with van der Waals surface area (Å²) in [4.78, 5) is 11.6. The monoisotopic (exact) mass is 200 g/mol. The fourth-order valence-electron chi connectivity index (χ4n) is 1.33. The van der Waals surface area contributed by atoms with Crippen molar-refractivity contribution in [3.63, 3.8) is 0 Å². The number of carbonyl (C=O) groups excluding carboxylic acids is 1. The van der Waals surface area contributed by atoms with E-state index < -0.39 is 0 Å². The van der Waals surface area contributed by atoms with Gasteiger partial charge in [-0.15, -0.1) is 0 Å². The van der Waals surface area contributed by atoms with Gasteiger partial charge in [0.05, 0.1) is 19.8 Å². The highest BCUT2D eigenvalue weighted by Gasteiger charge is 2.23. The van der Waals surface area contributed by atoms with Gasteiger partial charge in [-0.25, -0.2) is 0 Å². The molecule has 14 heavy (non-hydrogen) atoms. The Balaban J connectivity index is 2.27. The van der Waals surface area contributed by atoms with Gasteiger partial charge in [-0.2, -0.15) is 0 Å². The van der Waals surface area contributed by atoms with Crippen molar-refractivity contribution in [1.29, 1.82) is 0 Å². The van der Waals surface area contributed by atoms with Gasteiger partial charge in [0.25, 0.3) is 0 Å². The summed E-state index contributed by atoms with van der Waals surface area (Å²) >= 11 is 0. The molecule has 0 saturated carbocycles. The predicted molar refractivity (Wildman–Crippen MR) is 54.3 cm³/mol. The summed E-state index contributed by atoms with van der Waals surface area (Å²) in [6.45, 7) is 8.01. The van der Waals surface area contributed by atoms with E-state index >= 15 is 0 Å². The lowest BCUT2D eigenvalue weighted by molar-refractivity contribution is -0.145. The van der Waals surface area contributed by atoms with Crippen LogP contribution >= 0.6 is 0 Å². The van der Waals surface area contributed by atoms with Crippen LogP contribution in [-0.2, 0) is 14.3 Å². The van der Waals surface area contributed by atoms with Crippen LogP contribution in [0.15, 0.2) is 0 Å². The molecule has 1 aliphatic rings. The van der Waals surface area contributed by atoms with Crippen LogP contribution in [0.3, 0.4) is 0 Å². The molecule has 0 N–H and O–H groups in total. The largest absolute Gasteiger partial charge is 0.376 e. The van der Waals surface area contributed by atoms with Crippen LogP contribution in [0.25, 0.3) is 0 Å². The minimum atomic E-state index is -0.314. The van der Waals surface area contributed by atoms with E-state index in [4.69, 9.17) is 9.47 Å². The standard InChI is InChI=1S/C11H20O3/c1-11(2,3)5-4-9(12)10-8-13-6-7-14-10/h10H,4-8H2,1-3H3. The second-order valence-electron chi connectivity index (χ2n) is 4.96. The SMILES string of the molecule is CC(C)(C)CCC(=O)C1COCCO1. The Bertz CT molecular complexity index is 187. The first kappa shape index (κ1) is 11.7. The summed E-state index contributed by atoms with van der Waals surface area (Å²) < 4.78 is 10.5. The van der Waals surface area contributed by atoms with Crippen molar-refractivity contribution in [2.75, 3.05) is 19.8 Å². The van der Waals surface area contributed by atoms with Crippen LogP contribution in [0.2, 0.25) is 0 Å². The third-order valence-electron chi connectivity index (χ3n) is 2.30. The maximum Gasteiger partial charge on any atom is 0.163 e. The van der Waals surface area contributed by atoms with Gasteiger partial charge in [0.2, 0.25) is 0 Å². The Hall–Kier alpha value is -0.410. The van der Waals surface area contributed by atoms with Crippen LogP contribution in [0.4, 0.5) is 0 Å². The molecule has 1 unspecified atom stereocenters. The fraction of sp³-hybridized carbons (Fsp3) is 0.909. The highest BCUT2D eigenvalue weighted by atomic mass is 16.6. The molecule has 0 spiro atoms. The van der Waals surface area contributed by atoms with Gasteiger partial charge < -0.3 is 9.47 Å². The number of hydrogen-bond donors (Lipinski definition) is 0. The number of rotatable bonds is 3. The molecule has 1 fully saturated rings. The van der Waals surface area contributed by atoms with Crippen molar-refractivity contribution in [1.82, 2.24) is 0 Å². The Kier molecular flexibility index (Phi) is 4.08. The van der Waals surface area contributed by atoms with E-state index in [2.05, 4.69) is 20.8 Å². The second-order valence-corrected chi connectivity index (χ2v) is 4.96. The Morgan fingerprint density at radius 2 is 2.07 bits per heavy atom. The number of hydrogen-bond acceptors (Lipinski definition) is 3. The quantitative estimate of drug-likeness (QED) is 0.697. The van der Waals surface area contributed by atoms with Crippen molar-refractivity contribution in [3.05, 3.63) is 0 Å². The first-order valence-electron chi connectivity index (χ1n) is 5.21. The molecule has 0 aliphatic carbocycles. The lowest BCUT2D eigenvalue weighted by Crippen LogP contribution is -2.35. The zero-order valence-corrected chi connectivity index (χ0v) is 9.34. The maximum atomic E-state index is 11.6. The first-order valence-corrected chi connectivity index (χ1v) is 5.21. The number of ether oxygens (including phenoxy) is 2. The minimum Gasteiger partial charge on any atom is -0.376 e. The predicted octanol–water partition coefficient (Wildman–Crippen LogP) is 1.80. The Morgan fingerprint density at radius 1 is 1.36 bits per heavy atom. The summed E-state index contributed by atoms with van der Waals surface area (Å²) in [5, 5.41) is 0. The number of Topliss-reactive ketones (excluding diaryl/α,β-unsaturated/α-hetero) is 1. The maximum absolute atomic E-state index is 11.6. The third-order valence-corrected chi connectivity index (χ3v) is 2.30. The summed E-state index contributed by atoms with van der Waals surface area (Å²) in [5.74, 6) is 0.180. The Morgan fingerprint density at radius 3 is 2.57 bits per heavy atom. The van der Waals surface area contributed by atoms with Crippen molar-refractivity contribution in [2.45, 2.75) is 39.7 Å². The minimum absolute atomic E-state index is 0.180. The van der Waals surface area contributed by atoms with Crippen LogP contribution < -0.4 is 0 Å². The van der Waals surface area contributed by atoms with Gasteiger partial charge in [0, 0.05) is 6.42 Å². The van der Waals surface area contributed by atoms with Crippen molar-refractivity contribution in [2.24, 2.45) is 5.41 Å². The Labute approximate surface area is 85.8 Å². The van der Waals surface area contributed by atoms with Gasteiger partial charge in [-0.05, 0) is 11.8 Å². The third kappa shape index (κ3) is 4.20. The molecule has 0 aromatic carbocycles. The van der Waals surface area contributed by atoms with E-state index in [1.54, 1.807) is 0 Å². The molecule has 3 heteroatoms. The average Bonchev–Trinajstić information content (AvgIpc) is 2.14. The van der Waals surface area contributed by atoms with Crippen LogP contribution in [0.1, 0.15) is 33.6 Å². The molecule has 0 radical (unpaired) electrons. The highest BCUT2D eigenvalue weighted by Crippen LogP contribution is 2.21. The molecule has 1 aliphatic heterocycles. The fourth-order valence-corrected chi connectivity index (χ4v) is 1.33. The van der Waals surface area contributed by atoms with Crippen molar-refractivity contribution < 1.29 is 14.3 Å². The van der Waals surface area contributed by atoms with E-state index in [9.17, 15) is 4.79 Å². The number of carbonyl (C=O) groups is 1. The highest BCUT2D eigenvalue weighted by molar-refractivity contribution is 5.83. The molecule has 1 saturated heterocycles. The molecular formula is C11H20O3. The summed E-state index contributed by atoms with van der Waals surface area (Å²) in [5.41, 5.74) is 0.213. The zero-order chi connectivity index (χ0) is 10.6. The zero-order valence-electron chi connectivity index (χ0n) is 9.34. The lowest BCUT2D eigenvalue weighted by atomic mass is 9.89. The molecule has 0 bridgehead atoms. The molecule has 0 amide bonds. The molecular weight excluding hydrogens is 180 g/mol. The summed E-state index contributed by atoms with van der Waals surface area (Å²) in [6, 6.07) is 0. The normalized spacial score (nSPS) is 23.5. The van der Waals surface area contributed by atoms with Gasteiger partial charge in [0.15, 0.2) is 5.78 Å². The van der Waals surface area contributed by atoms with Gasteiger partial charge in [-0.3, -0.25) is 4.79 Å². The van der Waals surface area contributed by atoms with E-state index in [-0.39, 0.29) is 17.3 Å². The second kappa shape index (κ2) is 4.89. The molecule has 3 nitrogen and oxygen atoms in total. The van der Waals surface area contributed by atoms with Crippen LogP contribution in [0, 0.1) is 5.41 Å². The van der Waals surface area contributed by atoms with Crippen molar-refractivity contribution >= 4 is 5.78 Å². The smallest absolute Gasteiger partial charge is 0.163 e. The van der Waals surface area contributed by atoms with Crippen LogP contribution in [-0.4, -0.2) is 31.7 Å². The summed E-state index contributed by atoms with van der Waals surface area (Å²) in [6.07, 6.45) is 1.19.